The molecule has 0 aliphatic heterocycles. The number of halogens is 1. The molecule has 0 N–H and O–H groups in total. The van der Waals surface area contributed by atoms with Crippen molar-refractivity contribution in [1.29, 1.82) is 0 Å². The monoisotopic (exact) mass is 310 g/mol. The van der Waals surface area contributed by atoms with Crippen LogP contribution in [0.4, 0.5) is 4.39 Å². The van der Waals surface area contributed by atoms with Crippen LogP contribution in [-0.4, -0.2) is 25.2 Å². The van der Waals surface area contributed by atoms with E-state index in [1.165, 1.54) is 6.07 Å². The molecule has 22 heavy (non-hydrogen) atoms. The molecule has 5 heteroatoms. The Morgan fingerprint density at radius 1 is 1.00 bits per heavy atom. The molecule has 0 radical (unpaired) electrons. The highest BCUT2D eigenvalue weighted by atomic mass is 19.1. The number of carbonyl (C=O) groups is 2. The largest absolute Gasteiger partial charge is 0.466 e. The van der Waals surface area contributed by atoms with Crippen LogP contribution in [0.1, 0.15) is 44.6 Å². The van der Waals surface area contributed by atoms with Gasteiger partial charge in [-0.2, -0.15) is 0 Å². The van der Waals surface area contributed by atoms with E-state index in [9.17, 15) is 14.0 Å². The smallest absolute Gasteiger partial charge is 0.305 e. The lowest BCUT2D eigenvalue weighted by molar-refractivity contribution is -0.145. The number of ether oxygens (including phenoxy) is 2. The molecular formula is C17H23FO4. The molecule has 0 bridgehead atoms. The van der Waals surface area contributed by atoms with Gasteiger partial charge in [-0.05, 0) is 24.5 Å². The van der Waals surface area contributed by atoms with Gasteiger partial charge in [0.25, 0.3) is 0 Å². The summed E-state index contributed by atoms with van der Waals surface area (Å²) in [6.07, 6.45) is 2.96. The van der Waals surface area contributed by atoms with Crippen LogP contribution in [0.25, 0.3) is 0 Å². The van der Waals surface area contributed by atoms with E-state index in [2.05, 4.69) is 0 Å². The minimum absolute atomic E-state index is 0.140. The molecule has 1 rings (SSSR count). The van der Waals surface area contributed by atoms with E-state index in [1.807, 2.05) is 6.92 Å². The van der Waals surface area contributed by atoms with E-state index in [1.54, 1.807) is 18.2 Å². The van der Waals surface area contributed by atoms with Crippen LogP contribution in [0.5, 0.6) is 0 Å². The fourth-order valence-electron chi connectivity index (χ4n) is 1.83. The molecule has 0 fully saturated rings. The SMILES string of the molecule is CCCCOC(=O)CCCC(=O)OCCc1ccccc1F. The minimum atomic E-state index is -0.377. The molecule has 1 aromatic rings. The summed E-state index contributed by atoms with van der Waals surface area (Å²) in [5.41, 5.74) is 0.523. The zero-order valence-corrected chi connectivity index (χ0v) is 13.0. The molecule has 0 unspecified atom stereocenters. The van der Waals surface area contributed by atoms with Gasteiger partial charge in [-0.1, -0.05) is 31.5 Å². The van der Waals surface area contributed by atoms with Crippen LogP contribution >= 0.6 is 0 Å². The molecule has 0 saturated heterocycles. The highest BCUT2D eigenvalue weighted by Gasteiger charge is 2.08. The number of hydrogen-bond donors (Lipinski definition) is 0. The van der Waals surface area contributed by atoms with Crippen molar-refractivity contribution < 1.29 is 23.5 Å². The van der Waals surface area contributed by atoms with Crippen molar-refractivity contribution in [3.05, 3.63) is 35.6 Å². The molecule has 4 nitrogen and oxygen atoms in total. The third-order valence-corrected chi connectivity index (χ3v) is 3.12. The zero-order chi connectivity index (χ0) is 16.2. The standard InChI is InChI=1S/C17H23FO4/c1-2-3-12-21-16(19)9-6-10-17(20)22-13-11-14-7-4-5-8-15(14)18/h4-5,7-8H,2-3,6,9-13H2,1H3. The Balaban J connectivity index is 2.09. The average molecular weight is 310 g/mol. The Bertz CT molecular complexity index is 473. The maximum Gasteiger partial charge on any atom is 0.305 e. The summed E-state index contributed by atoms with van der Waals surface area (Å²) >= 11 is 0. The molecule has 0 saturated carbocycles. The molecular weight excluding hydrogens is 287 g/mol. The van der Waals surface area contributed by atoms with Crippen molar-refractivity contribution in [2.45, 2.75) is 45.4 Å². The van der Waals surface area contributed by atoms with Gasteiger partial charge in [-0.25, -0.2) is 4.39 Å². The summed E-state index contributed by atoms with van der Waals surface area (Å²) in [6, 6.07) is 6.39. The van der Waals surface area contributed by atoms with E-state index in [0.717, 1.165) is 12.8 Å². The van der Waals surface area contributed by atoms with Gasteiger partial charge in [-0.3, -0.25) is 9.59 Å². The van der Waals surface area contributed by atoms with Crippen LogP contribution in [0.2, 0.25) is 0 Å². The average Bonchev–Trinajstić information content (AvgIpc) is 2.49. The summed E-state index contributed by atoms with van der Waals surface area (Å²) in [7, 11) is 0. The first-order valence-corrected chi connectivity index (χ1v) is 7.68. The number of unbranched alkanes of at least 4 members (excludes halogenated alkanes) is 1. The van der Waals surface area contributed by atoms with Crippen LogP contribution in [0.3, 0.4) is 0 Å². The fourth-order valence-corrected chi connectivity index (χ4v) is 1.83. The number of carbonyl (C=O) groups excluding carboxylic acids is 2. The second kappa shape index (κ2) is 10.8. The molecule has 0 aliphatic rings. The van der Waals surface area contributed by atoms with Crippen molar-refractivity contribution in [2.75, 3.05) is 13.2 Å². The zero-order valence-electron chi connectivity index (χ0n) is 13.0. The van der Waals surface area contributed by atoms with Gasteiger partial charge in [0.05, 0.1) is 13.2 Å². The Labute approximate surface area is 130 Å². The van der Waals surface area contributed by atoms with E-state index >= 15 is 0 Å². The van der Waals surface area contributed by atoms with Gasteiger partial charge < -0.3 is 9.47 Å². The maximum atomic E-state index is 13.3. The Morgan fingerprint density at radius 2 is 1.64 bits per heavy atom. The molecule has 0 heterocycles. The van der Waals surface area contributed by atoms with Gasteiger partial charge in [0.1, 0.15) is 5.82 Å². The normalized spacial score (nSPS) is 10.3. The Morgan fingerprint density at radius 3 is 2.27 bits per heavy atom. The summed E-state index contributed by atoms with van der Waals surface area (Å²) in [4.78, 5) is 22.8. The van der Waals surface area contributed by atoms with E-state index in [-0.39, 0.29) is 37.2 Å². The minimum Gasteiger partial charge on any atom is -0.466 e. The first kappa shape index (κ1) is 18.1. The predicted octanol–water partition coefficient (Wildman–Crippen LogP) is 3.43. The van der Waals surface area contributed by atoms with Crippen LogP contribution in [0.15, 0.2) is 24.3 Å². The van der Waals surface area contributed by atoms with Gasteiger partial charge in [-0.15, -0.1) is 0 Å². The van der Waals surface area contributed by atoms with Gasteiger partial charge in [0, 0.05) is 19.3 Å². The van der Waals surface area contributed by atoms with Crippen LogP contribution in [0, 0.1) is 5.82 Å². The maximum absolute atomic E-state index is 13.3. The molecule has 0 aromatic heterocycles. The predicted molar refractivity (Wildman–Crippen MR) is 80.8 cm³/mol. The van der Waals surface area contributed by atoms with Crippen molar-refractivity contribution in [3.63, 3.8) is 0 Å². The van der Waals surface area contributed by atoms with Crippen molar-refractivity contribution in [1.82, 2.24) is 0 Å². The number of esters is 2. The molecule has 122 valence electrons. The number of benzene rings is 1. The van der Waals surface area contributed by atoms with Gasteiger partial charge in [0.2, 0.25) is 0 Å². The molecule has 1 aromatic carbocycles. The van der Waals surface area contributed by atoms with Gasteiger partial charge >= 0.3 is 11.9 Å². The summed E-state index contributed by atoms with van der Waals surface area (Å²) in [5.74, 6) is -0.960. The molecule has 0 atom stereocenters. The van der Waals surface area contributed by atoms with Crippen molar-refractivity contribution >= 4 is 11.9 Å². The molecule has 0 spiro atoms. The van der Waals surface area contributed by atoms with Crippen LogP contribution in [-0.2, 0) is 25.5 Å². The summed E-state index contributed by atoms with van der Waals surface area (Å²) < 4.78 is 23.3. The topological polar surface area (TPSA) is 52.6 Å². The van der Waals surface area contributed by atoms with Crippen molar-refractivity contribution in [3.8, 4) is 0 Å². The first-order valence-electron chi connectivity index (χ1n) is 7.68. The second-order valence-corrected chi connectivity index (χ2v) is 4.99. The lowest BCUT2D eigenvalue weighted by Crippen LogP contribution is -2.10. The Kier molecular flexibility index (Phi) is 8.88. The number of rotatable bonds is 10. The highest BCUT2D eigenvalue weighted by molar-refractivity contribution is 5.72. The summed E-state index contributed by atoms with van der Waals surface area (Å²) in [6.45, 7) is 2.59. The number of hydrogen-bond acceptors (Lipinski definition) is 4. The van der Waals surface area contributed by atoms with E-state index < -0.39 is 0 Å². The van der Waals surface area contributed by atoms with Crippen molar-refractivity contribution in [2.24, 2.45) is 0 Å². The highest BCUT2D eigenvalue weighted by Crippen LogP contribution is 2.07. The lowest BCUT2D eigenvalue weighted by atomic mass is 10.1. The third kappa shape index (κ3) is 7.76. The van der Waals surface area contributed by atoms with E-state index in [4.69, 9.17) is 9.47 Å². The third-order valence-electron chi connectivity index (χ3n) is 3.12. The Hall–Kier alpha value is -1.91. The molecule has 0 amide bonds. The second-order valence-electron chi connectivity index (χ2n) is 4.99. The van der Waals surface area contributed by atoms with E-state index in [0.29, 0.717) is 25.0 Å². The van der Waals surface area contributed by atoms with Crippen LogP contribution < -0.4 is 0 Å². The molecule has 0 aliphatic carbocycles. The lowest BCUT2D eigenvalue weighted by Gasteiger charge is -2.06. The first-order chi connectivity index (χ1) is 10.6. The summed E-state index contributed by atoms with van der Waals surface area (Å²) in [5, 5.41) is 0. The fraction of sp³-hybridized carbons (Fsp3) is 0.529. The van der Waals surface area contributed by atoms with Gasteiger partial charge in [0.15, 0.2) is 0 Å². The quantitative estimate of drug-likeness (QED) is 0.491.